The summed E-state index contributed by atoms with van der Waals surface area (Å²) >= 11 is 6.33. The zero-order valence-electron chi connectivity index (χ0n) is 14.8. The maximum absolute atomic E-state index is 11.6. The summed E-state index contributed by atoms with van der Waals surface area (Å²) in [5.41, 5.74) is 1.27. The number of hydrogen-bond donors (Lipinski definition) is 0. The number of fused-ring (bicyclic) bond motifs is 1. The van der Waals surface area contributed by atoms with Crippen molar-refractivity contribution < 1.29 is 28.5 Å². The molecule has 1 aromatic carbocycles. The smallest absolute Gasteiger partial charge is 0.303 e. The third-order valence-corrected chi connectivity index (χ3v) is 4.40. The van der Waals surface area contributed by atoms with E-state index in [2.05, 4.69) is 4.98 Å². The van der Waals surface area contributed by atoms with Crippen molar-refractivity contribution in [2.24, 2.45) is 0 Å². The summed E-state index contributed by atoms with van der Waals surface area (Å²) in [4.78, 5) is 27.3. The van der Waals surface area contributed by atoms with Gasteiger partial charge in [-0.25, -0.2) is 4.98 Å². The predicted molar refractivity (Wildman–Crippen MR) is 92.0 cm³/mol. The molecule has 1 aliphatic rings. The molecular weight excluding hydrogens is 364 g/mol. The van der Waals surface area contributed by atoms with E-state index in [0.717, 1.165) is 0 Å². The van der Waals surface area contributed by atoms with Crippen LogP contribution in [0.2, 0.25) is 5.28 Å². The number of hydrogen-bond acceptors (Lipinski definition) is 7. The molecule has 0 aliphatic carbocycles. The van der Waals surface area contributed by atoms with Crippen LogP contribution in [0.25, 0.3) is 11.0 Å². The van der Waals surface area contributed by atoms with Crippen molar-refractivity contribution >= 4 is 34.6 Å². The third-order valence-electron chi connectivity index (χ3n) is 4.13. The number of carbonyl (C=O) groups is 2. The van der Waals surface area contributed by atoms with Crippen molar-refractivity contribution in [3.05, 3.63) is 23.5 Å². The molecule has 140 valence electrons. The van der Waals surface area contributed by atoms with Crippen molar-refractivity contribution in [1.82, 2.24) is 9.55 Å². The Morgan fingerprint density at radius 2 is 1.85 bits per heavy atom. The molecule has 1 aliphatic heterocycles. The minimum Gasteiger partial charge on any atom is -0.497 e. The molecule has 1 saturated heterocycles. The second kappa shape index (κ2) is 7.13. The zero-order chi connectivity index (χ0) is 19.0. The monoisotopic (exact) mass is 382 g/mol. The van der Waals surface area contributed by atoms with E-state index >= 15 is 0 Å². The molecule has 2 aromatic rings. The molecule has 2 heterocycles. The molecule has 1 fully saturated rings. The lowest BCUT2D eigenvalue weighted by Gasteiger charge is -2.24. The molecule has 0 unspecified atom stereocenters. The first-order valence-corrected chi connectivity index (χ1v) is 8.41. The van der Waals surface area contributed by atoms with Gasteiger partial charge < -0.3 is 18.9 Å². The van der Waals surface area contributed by atoms with Crippen molar-refractivity contribution in [1.29, 1.82) is 0 Å². The van der Waals surface area contributed by atoms with Gasteiger partial charge in [-0.15, -0.1) is 0 Å². The summed E-state index contributed by atoms with van der Waals surface area (Å²) in [5, 5.41) is 0.158. The minimum absolute atomic E-state index is 0.158. The molecule has 0 amide bonds. The van der Waals surface area contributed by atoms with Gasteiger partial charge in [0, 0.05) is 19.9 Å². The molecule has 0 bridgehead atoms. The molecule has 1 aromatic heterocycles. The number of aromatic nitrogens is 2. The van der Waals surface area contributed by atoms with Crippen LogP contribution in [0.4, 0.5) is 0 Å². The fourth-order valence-corrected chi connectivity index (χ4v) is 3.38. The van der Waals surface area contributed by atoms with Crippen LogP contribution in [0.1, 0.15) is 27.0 Å². The van der Waals surface area contributed by atoms with Crippen LogP contribution in [-0.2, 0) is 23.8 Å². The van der Waals surface area contributed by atoms with E-state index in [4.69, 9.17) is 30.5 Å². The Morgan fingerprint density at radius 1 is 1.19 bits per heavy atom. The van der Waals surface area contributed by atoms with Gasteiger partial charge in [-0.2, -0.15) is 0 Å². The Morgan fingerprint density at radius 3 is 2.46 bits per heavy atom. The highest BCUT2D eigenvalue weighted by Crippen LogP contribution is 2.38. The fourth-order valence-electron chi connectivity index (χ4n) is 3.10. The Hall–Kier alpha value is -2.32. The van der Waals surface area contributed by atoms with E-state index in [-0.39, 0.29) is 5.28 Å². The zero-order valence-corrected chi connectivity index (χ0v) is 15.5. The highest BCUT2D eigenvalue weighted by atomic mass is 35.5. The molecule has 0 radical (unpaired) electrons. The van der Waals surface area contributed by atoms with Gasteiger partial charge in [0.15, 0.2) is 18.4 Å². The van der Waals surface area contributed by atoms with E-state index in [1.807, 2.05) is 0 Å². The van der Waals surface area contributed by atoms with E-state index in [9.17, 15) is 9.59 Å². The highest BCUT2D eigenvalue weighted by molar-refractivity contribution is 6.29. The first-order chi connectivity index (χ1) is 12.3. The summed E-state index contributed by atoms with van der Waals surface area (Å²) in [6.07, 6.45) is -2.90. The van der Waals surface area contributed by atoms with Gasteiger partial charge >= 0.3 is 11.9 Å². The molecule has 26 heavy (non-hydrogen) atoms. The van der Waals surface area contributed by atoms with Gasteiger partial charge in [0.2, 0.25) is 5.28 Å². The van der Waals surface area contributed by atoms with E-state index in [1.165, 1.54) is 13.8 Å². The standard InChI is InChI=1S/C17H19ClN2O6/c1-8-14(25-9(2)21)15(26-10(3)22)16(24-8)20-13-6-5-11(23-4)7-12(13)19-17(20)18/h5-8,14-16H,1-4H3/t8-,14-,15-,16-/m1/s1. The van der Waals surface area contributed by atoms with Crippen molar-refractivity contribution in [3.8, 4) is 5.75 Å². The lowest BCUT2D eigenvalue weighted by Crippen LogP contribution is -2.38. The SMILES string of the molecule is COc1ccc2c(c1)nc(Cl)n2[C@@H]1O[C@H](C)[C@@H](OC(C)=O)[C@H]1OC(C)=O. The number of esters is 2. The third kappa shape index (κ3) is 3.34. The number of methoxy groups -OCH3 is 1. The topological polar surface area (TPSA) is 88.9 Å². The van der Waals surface area contributed by atoms with E-state index in [0.29, 0.717) is 16.8 Å². The number of ether oxygens (including phenoxy) is 4. The molecule has 3 rings (SSSR count). The maximum atomic E-state index is 11.6. The Labute approximate surface area is 154 Å². The van der Waals surface area contributed by atoms with Crippen LogP contribution < -0.4 is 4.74 Å². The van der Waals surface area contributed by atoms with Crippen molar-refractivity contribution in [3.63, 3.8) is 0 Å². The average Bonchev–Trinajstić information content (AvgIpc) is 3.03. The quantitative estimate of drug-likeness (QED) is 0.750. The number of imidazole rings is 1. The molecular formula is C17H19ClN2O6. The molecule has 0 N–H and O–H groups in total. The van der Waals surface area contributed by atoms with Crippen LogP contribution in [0.5, 0.6) is 5.75 Å². The highest BCUT2D eigenvalue weighted by Gasteiger charge is 2.49. The summed E-state index contributed by atoms with van der Waals surface area (Å²) in [6.45, 7) is 4.31. The first-order valence-electron chi connectivity index (χ1n) is 8.03. The maximum Gasteiger partial charge on any atom is 0.303 e. The molecule has 4 atom stereocenters. The van der Waals surface area contributed by atoms with Gasteiger partial charge in [-0.1, -0.05) is 0 Å². The Kier molecular flexibility index (Phi) is 5.06. The molecule has 9 heteroatoms. The van der Waals surface area contributed by atoms with E-state index in [1.54, 1.807) is 36.8 Å². The van der Waals surface area contributed by atoms with Crippen LogP contribution in [-0.4, -0.2) is 46.9 Å². The van der Waals surface area contributed by atoms with Crippen LogP contribution in [0.3, 0.4) is 0 Å². The van der Waals surface area contributed by atoms with Gasteiger partial charge in [0.05, 0.1) is 24.2 Å². The van der Waals surface area contributed by atoms with Crippen LogP contribution >= 0.6 is 11.6 Å². The lowest BCUT2D eigenvalue weighted by molar-refractivity contribution is -0.165. The lowest BCUT2D eigenvalue weighted by atomic mass is 10.1. The number of halogens is 1. The first kappa shape index (κ1) is 18.5. The number of benzene rings is 1. The normalized spacial score (nSPS) is 25.3. The number of rotatable bonds is 4. The largest absolute Gasteiger partial charge is 0.497 e. The van der Waals surface area contributed by atoms with Gasteiger partial charge in [0.25, 0.3) is 0 Å². The second-order valence-electron chi connectivity index (χ2n) is 5.99. The molecule has 0 spiro atoms. The summed E-state index contributed by atoms with van der Waals surface area (Å²) in [6, 6.07) is 5.28. The van der Waals surface area contributed by atoms with Crippen molar-refractivity contribution in [2.75, 3.05) is 7.11 Å². The van der Waals surface area contributed by atoms with Crippen LogP contribution in [0, 0.1) is 0 Å². The van der Waals surface area contributed by atoms with Crippen LogP contribution in [0.15, 0.2) is 18.2 Å². The molecule has 0 saturated carbocycles. The second-order valence-corrected chi connectivity index (χ2v) is 6.32. The van der Waals surface area contributed by atoms with E-state index < -0.39 is 36.5 Å². The fraction of sp³-hybridized carbons (Fsp3) is 0.471. The summed E-state index contributed by atoms with van der Waals surface area (Å²) < 4.78 is 23.5. The van der Waals surface area contributed by atoms with Gasteiger partial charge in [0.1, 0.15) is 5.75 Å². The Balaban J connectivity index is 2.06. The summed E-state index contributed by atoms with van der Waals surface area (Å²) in [5.74, 6) is -0.375. The molecule has 8 nitrogen and oxygen atoms in total. The van der Waals surface area contributed by atoms with Gasteiger partial charge in [-0.05, 0) is 30.7 Å². The van der Waals surface area contributed by atoms with Crippen molar-refractivity contribution in [2.45, 2.75) is 45.3 Å². The average molecular weight is 383 g/mol. The minimum atomic E-state index is -0.858. The predicted octanol–water partition coefficient (Wildman–Crippen LogP) is 2.48. The summed E-state index contributed by atoms with van der Waals surface area (Å²) in [7, 11) is 1.56. The number of carbonyl (C=O) groups excluding carboxylic acids is 2. The number of nitrogens with zero attached hydrogens (tertiary/aromatic N) is 2. The Bertz CT molecular complexity index is 851. The van der Waals surface area contributed by atoms with Gasteiger partial charge in [-0.3, -0.25) is 14.2 Å².